The van der Waals surface area contributed by atoms with Gasteiger partial charge in [0.05, 0.1) is 12.8 Å². The third kappa shape index (κ3) is 4.14. The first-order chi connectivity index (χ1) is 12.1. The second-order valence-corrected chi connectivity index (χ2v) is 5.61. The standard InChI is InChI=1S/C20H18N2O3/c1-14-5-2-3-7-18(14)22-20(24)16-10-8-15(9-11-16)19(23)21-13-17-6-4-12-25-17/h2-12H,13H2,1H3,(H,21,23)(H,22,24). The minimum atomic E-state index is -0.220. The maximum absolute atomic E-state index is 12.3. The van der Waals surface area contributed by atoms with Gasteiger partial charge < -0.3 is 15.1 Å². The molecule has 2 N–H and O–H groups in total. The van der Waals surface area contributed by atoms with E-state index in [0.29, 0.717) is 23.4 Å². The highest BCUT2D eigenvalue weighted by Crippen LogP contribution is 2.15. The Kier molecular flexibility index (Phi) is 4.95. The Morgan fingerprint density at radius 2 is 1.56 bits per heavy atom. The molecule has 0 saturated carbocycles. The van der Waals surface area contributed by atoms with Crippen molar-refractivity contribution in [3.05, 3.63) is 89.4 Å². The number of aryl methyl sites for hydroxylation is 1. The minimum absolute atomic E-state index is 0.211. The van der Waals surface area contributed by atoms with Gasteiger partial charge in [-0.15, -0.1) is 0 Å². The molecule has 0 unspecified atom stereocenters. The van der Waals surface area contributed by atoms with E-state index in [1.807, 2.05) is 31.2 Å². The number of nitrogens with one attached hydrogen (secondary N) is 2. The molecule has 3 rings (SSSR count). The molecule has 0 atom stereocenters. The van der Waals surface area contributed by atoms with Crippen LogP contribution in [0.2, 0.25) is 0 Å². The van der Waals surface area contributed by atoms with Gasteiger partial charge in [0.25, 0.3) is 11.8 Å². The summed E-state index contributed by atoms with van der Waals surface area (Å²) in [7, 11) is 0. The normalized spacial score (nSPS) is 10.3. The molecule has 0 fully saturated rings. The second-order valence-electron chi connectivity index (χ2n) is 5.61. The van der Waals surface area contributed by atoms with Crippen molar-refractivity contribution in [1.82, 2.24) is 5.32 Å². The molecule has 0 saturated heterocycles. The van der Waals surface area contributed by atoms with Gasteiger partial charge in [0.2, 0.25) is 0 Å². The lowest BCUT2D eigenvalue weighted by Gasteiger charge is -2.09. The molecule has 2 aromatic carbocycles. The smallest absolute Gasteiger partial charge is 0.255 e. The van der Waals surface area contributed by atoms with E-state index >= 15 is 0 Å². The molecule has 5 nitrogen and oxygen atoms in total. The van der Waals surface area contributed by atoms with Crippen molar-refractivity contribution in [2.45, 2.75) is 13.5 Å². The van der Waals surface area contributed by atoms with E-state index in [2.05, 4.69) is 10.6 Å². The average molecular weight is 334 g/mol. The predicted molar refractivity (Wildman–Crippen MR) is 95.5 cm³/mol. The van der Waals surface area contributed by atoms with Crippen molar-refractivity contribution < 1.29 is 14.0 Å². The first-order valence-corrected chi connectivity index (χ1v) is 7.91. The molecular weight excluding hydrogens is 316 g/mol. The summed E-state index contributed by atoms with van der Waals surface area (Å²) < 4.78 is 5.17. The quantitative estimate of drug-likeness (QED) is 0.746. The lowest BCUT2D eigenvalue weighted by Crippen LogP contribution is -2.22. The van der Waals surface area contributed by atoms with Crippen molar-refractivity contribution in [3.8, 4) is 0 Å². The summed E-state index contributed by atoms with van der Waals surface area (Å²) in [6.07, 6.45) is 1.56. The van der Waals surface area contributed by atoms with Crippen LogP contribution in [0, 0.1) is 6.92 Å². The predicted octanol–water partition coefficient (Wildman–Crippen LogP) is 3.77. The largest absolute Gasteiger partial charge is 0.467 e. The number of carbonyl (C=O) groups is 2. The molecule has 3 aromatic rings. The summed E-state index contributed by atoms with van der Waals surface area (Å²) in [6, 6.07) is 17.7. The molecule has 0 spiro atoms. The number of para-hydroxylation sites is 1. The topological polar surface area (TPSA) is 71.3 Å². The molecule has 25 heavy (non-hydrogen) atoms. The minimum Gasteiger partial charge on any atom is -0.467 e. The van der Waals surface area contributed by atoms with E-state index < -0.39 is 0 Å². The summed E-state index contributed by atoms with van der Waals surface area (Å²) in [6.45, 7) is 2.25. The molecule has 5 heteroatoms. The fraction of sp³-hybridized carbons (Fsp3) is 0.100. The molecule has 0 bridgehead atoms. The highest BCUT2D eigenvalue weighted by atomic mass is 16.3. The Labute approximate surface area is 145 Å². The highest BCUT2D eigenvalue weighted by Gasteiger charge is 2.10. The number of hydrogen-bond donors (Lipinski definition) is 2. The molecule has 1 heterocycles. The Bertz CT molecular complexity index is 868. The number of furan rings is 1. The van der Waals surface area contributed by atoms with Crippen LogP contribution in [0.4, 0.5) is 5.69 Å². The third-order valence-corrected chi connectivity index (χ3v) is 3.81. The van der Waals surface area contributed by atoms with E-state index in [0.717, 1.165) is 11.3 Å². The van der Waals surface area contributed by atoms with Crippen LogP contribution in [0.15, 0.2) is 71.3 Å². The summed E-state index contributed by atoms with van der Waals surface area (Å²) >= 11 is 0. The van der Waals surface area contributed by atoms with Gasteiger partial charge in [0.1, 0.15) is 5.76 Å². The van der Waals surface area contributed by atoms with Gasteiger partial charge in [0, 0.05) is 16.8 Å². The van der Waals surface area contributed by atoms with E-state index in [4.69, 9.17) is 4.42 Å². The zero-order chi connectivity index (χ0) is 17.6. The zero-order valence-electron chi connectivity index (χ0n) is 13.8. The fourth-order valence-electron chi connectivity index (χ4n) is 2.36. The third-order valence-electron chi connectivity index (χ3n) is 3.81. The van der Waals surface area contributed by atoms with Crippen LogP contribution in [0.3, 0.4) is 0 Å². The van der Waals surface area contributed by atoms with Gasteiger partial charge in [-0.05, 0) is 55.0 Å². The van der Waals surface area contributed by atoms with Crippen LogP contribution in [0.25, 0.3) is 0 Å². The van der Waals surface area contributed by atoms with E-state index in [-0.39, 0.29) is 11.8 Å². The molecule has 0 aliphatic heterocycles. The number of anilines is 1. The van der Waals surface area contributed by atoms with Crippen molar-refractivity contribution in [2.24, 2.45) is 0 Å². The molecule has 0 radical (unpaired) electrons. The van der Waals surface area contributed by atoms with Crippen molar-refractivity contribution in [2.75, 3.05) is 5.32 Å². The second kappa shape index (κ2) is 7.49. The van der Waals surface area contributed by atoms with E-state index in [1.54, 1.807) is 42.7 Å². The van der Waals surface area contributed by atoms with Gasteiger partial charge in [-0.3, -0.25) is 9.59 Å². The summed E-state index contributed by atoms with van der Waals surface area (Å²) in [5.41, 5.74) is 2.74. The molecule has 0 aliphatic carbocycles. The lowest BCUT2D eigenvalue weighted by molar-refractivity contribution is 0.0946. The summed E-state index contributed by atoms with van der Waals surface area (Å²) in [5, 5.41) is 5.63. The van der Waals surface area contributed by atoms with Crippen molar-refractivity contribution in [1.29, 1.82) is 0 Å². The summed E-state index contributed by atoms with van der Waals surface area (Å²) in [5.74, 6) is 0.252. The van der Waals surface area contributed by atoms with Crippen LogP contribution in [-0.4, -0.2) is 11.8 Å². The van der Waals surface area contributed by atoms with Crippen LogP contribution in [0.1, 0.15) is 32.0 Å². The van der Waals surface area contributed by atoms with Crippen molar-refractivity contribution >= 4 is 17.5 Å². The number of benzene rings is 2. The average Bonchev–Trinajstić information content (AvgIpc) is 3.15. The molecule has 126 valence electrons. The van der Waals surface area contributed by atoms with Crippen LogP contribution in [0.5, 0.6) is 0 Å². The van der Waals surface area contributed by atoms with Gasteiger partial charge >= 0.3 is 0 Å². The van der Waals surface area contributed by atoms with Crippen molar-refractivity contribution in [3.63, 3.8) is 0 Å². The number of rotatable bonds is 5. The van der Waals surface area contributed by atoms with Crippen LogP contribution < -0.4 is 10.6 Å². The fourth-order valence-corrected chi connectivity index (χ4v) is 2.36. The SMILES string of the molecule is Cc1ccccc1NC(=O)c1ccc(C(=O)NCc2ccco2)cc1. The van der Waals surface area contributed by atoms with Gasteiger partial charge in [0.15, 0.2) is 0 Å². The molecular formula is C20H18N2O3. The Balaban J connectivity index is 1.62. The van der Waals surface area contributed by atoms with E-state index in [9.17, 15) is 9.59 Å². The molecule has 0 aliphatic rings. The zero-order valence-corrected chi connectivity index (χ0v) is 13.8. The molecule has 2 amide bonds. The maximum Gasteiger partial charge on any atom is 0.255 e. The lowest BCUT2D eigenvalue weighted by atomic mass is 10.1. The Morgan fingerprint density at radius 1 is 0.880 bits per heavy atom. The van der Waals surface area contributed by atoms with Crippen LogP contribution in [-0.2, 0) is 6.54 Å². The summed E-state index contributed by atoms with van der Waals surface area (Å²) in [4.78, 5) is 24.4. The monoisotopic (exact) mass is 334 g/mol. The van der Waals surface area contributed by atoms with Gasteiger partial charge in [-0.25, -0.2) is 0 Å². The number of carbonyl (C=O) groups excluding carboxylic acids is 2. The maximum atomic E-state index is 12.3. The van der Waals surface area contributed by atoms with Gasteiger partial charge in [-0.2, -0.15) is 0 Å². The number of hydrogen-bond acceptors (Lipinski definition) is 3. The Morgan fingerprint density at radius 3 is 2.20 bits per heavy atom. The van der Waals surface area contributed by atoms with Crippen LogP contribution >= 0.6 is 0 Å². The Hall–Kier alpha value is -3.34. The molecule has 1 aromatic heterocycles. The number of amides is 2. The first-order valence-electron chi connectivity index (χ1n) is 7.91. The van der Waals surface area contributed by atoms with Gasteiger partial charge in [-0.1, -0.05) is 18.2 Å². The first kappa shape index (κ1) is 16.5. The highest BCUT2D eigenvalue weighted by molar-refractivity contribution is 6.05. The van der Waals surface area contributed by atoms with E-state index in [1.165, 1.54) is 0 Å².